The average Bonchev–Trinajstić information content (AvgIpc) is 3.38. The van der Waals surface area contributed by atoms with Gasteiger partial charge < -0.3 is 0 Å². The lowest BCUT2D eigenvalue weighted by Gasteiger charge is -2.26. The van der Waals surface area contributed by atoms with Gasteiger partial charge in [-0.15, -0.1) is 0 Å². The van der Waals surface area contributed by atoms with Crippen LogP contribution in [-0.4, -0.2) is 10.7 Å². The smallest absolute Gasteiger partial charge is 0.0777 e. The number of nitrogens with zero attached hydrogens (tertiary/aromatic N) is 2. The molecule has 2 nitrogen and oxygen atoms in total. The molecular formula is C63H56N2. The SMILES string of the molecule is C=C/C=C(/C(=C)/C=C(\N=C(C)C1CC=CC(c2cccc(-c3ncccc3C3=CC=C(C4=CC=CCC4)CC3)c2)C1)c1ccc(-c2ccccc2)cc1)c1ccc(-c2ccccc2)cc1. The van der Waals surface area contributed by atoms with Crippen LogP contribution in [0.2, 0.25) is 0 Å². The van der Waals surface area contributed by atoms with Crippen molar-refractivity contribution in [2.75, 3.05) is 0 Å². The summed E-state index contributed by atoms with van der Waals surface area (Å²) in [4.78, 5) is 10.5. The maximum Gasteiger partial charge on any atom is 0.0777 e. The number of allylic oxidation sites excluding steroid dienone is 15. The molecule has 0 N–H and O–H groups in total. The molecule has 1 aromatic heterocycles. The minimum Gasteiger partial charge on any atom is -0.257 e. The molecule has 0 saturated carbocycles. The summed E-state index contributed by atoms with van der Waals surface area (Å²) >= 11 is 0. The first-order valence-corrected chi connectivity index (χ1v) is 23.1. The van der Waals surface area contributed by atoms with Gasteiger partial charge in [-0.05, 0) is 125 Å². The highest BCUT2D eigenvalue weighted by Crippen LogP contribution is 2.39. The van der Waals surface area contributed by atoms with Gasteiger partial charge in [-0.25, -0.2) is 0 Å². The first kappa shape index (κ1) is 42.9. The number of rotatable bonds is 13. The zero-order valence-corrected chi connectivity index (χ0v) is 37.4. The van der Waals surface area contributed by atoms with Gasteiger partial charge in [0.15, 0.2) is 0 Å². The first-order chi connectivity index (χ1) is 32.0. The van der Waals surface area contributed by atoms with Crippen LogP contribution in [0, 0.1) is 5.92 Å². The van der Waals surface area contributed by atoms with Crippen molar-refractivity contribution < 1.29 is 0 Å². The molecule has 0 amide bonds. The van der Waals surface area contributed by atoms with Crippen LogP contribution in [0.15, 0.2) is 247 Å². The highest BCUT2D eigenvalue weighted by molar-refractivity contribution is 5.93. The zero-order valence-electron chi connectivity index (χ0n) is 37.4. The fraction of sp³-hybridized carbons (Fsp3) is 0.143. The lowest BCUT2D eigenvalue weighted by molar-refractivity contribution is 0.563. The minimum absolute atomic E-state index is 0.261. The molecule has 0 saturated heterocycles. The standard InChI is InChI=1S/C63H56N2/c1-4-17-60(53-35-29-50(30-36-53)47-18-8-5-9-19-47)45(2)42-62(55-39-33-52(34-40-55)49-22-12-7-13-23-49)65-46(3)56-24-14-25-57(43-56)58-26-15-27-59(44-58)63-61(28-16-41-64-63)54-37-31-51(32-38-54)48-20-10-6-11-21-48/h4-10,12-20,22-23,25-31,33-37,39-42,44,56-57H,1-2,11,21,24,32,38,43H2,3H3/b60-17-,62-42-,65-46?. The van der Waals surface area contributed by atoms with Gasteiger partial charge in [0.2, 0.25) is 0 Å². The first-order valence-electron chi connectivity index (χ1n) is 23.1. The van der Waals surface area contributed by atoms with E-state index in [1.165, 1.54) is 50.1 Å². The summed E-state index contributed by atoms with van der Waals surface area (Å²) in [5.74, 6) is 0.535. The molecule has 2 atom stereocenters. The van der Waals surface area contributed by atoms with Gasteiger partial charge in [-0.1, -0.05) is 201 Å². The van der Waals surface area contributed by atoms with Crippen LogP contribution in [0.4, 0.5) is 0 Å². The molecule has 3 aliphatic rings. The monoisotopic (exact) mass is 840 g/mol. The summed E-state index contributed by atoms with van der Waals surface area (Å²) in [6.45, 7) is 10.9. The third-order valence-electron chi connectivity index (χ3n) is 13.1. The molecule has 0 spiro atoms. The molecule has 2 heteroatoms. The van der Waals surface area contributed by atoms with Gasteiger partial charge in [0.25, 0.3) is 0 Å². The number of aliphatic imine (C=N–C) groups is 1. The molecule has 318 valence electrons. The summed E-state index contributed by atoms with van der Waals surface area (Å²) in [6, 6.07) is 51.9. The van der Waals surface area contributed by atoms with Crippen LogP contribution in [0.25, 0.3) is 50.4 Å². The molecule has 9 rings (SSSR count). The van der Waals surface area contributed by atoms with E-state index in [1.807, 2.05) is 18.3 Å². The minimum atomic E-state index is 0.261. The van der Waals surface area contributed by atoms with E-state index < -0.39 is 0 Å². The summed E-state index contributed by atoms with van der Waals surface area (Å²) in [5, 5.41) is 0. The van der Waals surface area contributed by atoms with E-state index >= 15 is 0 Å². The summed E-state index contributed by atoms with van der Waals surface area (Å²) in [6.07, 6.45) is 30.4. The van der Waals surface area contributed by atoms with E-state index in [-0.39, 0.29) is 11.8 Å². The summed E-state index contributed by atoms with van der Waals surface area (Å²) in [5.41, 5.74) is 19.8. The van der Waals surface area contributed by atoms with Gasteiger partial charge >= 0.3 is 0 Å². The Morgan fingerprint density at radius 3 is 1.95 bits per heavy atom. The van der Waals surface area contributed by atoms with Crippen molar-refractivity contribution in [2.45, 2.75) is 51.4 Å². The Morgan fingerprint density at radius 2 is 1.29 bits per heavy atom. The Hall–Kier alpha value is -7.42. The van der Waals surface area contributed by atoms with Crippen LogP contribution < -0.4 is 0 Å². The molecule has 1 heterocycles. The number of hydrogen-bond acceptors (Lipinski definition) is 2. The summed E-state index contributed by atoms with van der Waals surface area (Å²) in [7, 11) is 0. The van der Waals surface area contributed by atoms with Crippen molar-refractivity contribution in [2.24, 2.45) is 10.9 Å². The molecular weight excluding hydrogens is 785 g/mol. The second-order valence-electron chi connectivity index (χ2n) is 17.3. The fourth-order valence-corrected chi connectivity index (χ4v) is 9.43. The van der Waals surface area contributed by atoms with Crippen LogP contribution in [-0.2, 0) is 0 Å². The van der Waals surface area contributed by atoms with E-state index in [0.29, 0.717) is 0 Å². The summed E-state index contributed by atoms with van der Waals surface area (Å²) < 4.78 is 0. The maximum atomic E-state index is 5.50. The Kier molecular flexibility index (Phi) is 13.4. The lowest BCUT2D eigenvalue weighted by atomic mass is 9.80. The second-order valence-corrected chi connectivity index (χ2v) is 17.3. The Balaban J connectivity index is 0.990. The number of aromatic nitrogens is 1. The highest BCUT2D eigenvalue weighted by atomic mass is 14.8. The lowest BCUT2D eigenvalue weighted by Crippen LogP contribution is -2.17. The largest absolute Gasteiger partial charge is 0.257 e. The van der Waals surface area contributed by atoms with E-state index in [4.69, 9.17) is 9.98 Å². The van der Waals surface area contributed by atoms with Crippen LogP contribution in [0.5, 0.6) is 0 Å². The van der Waals surface area contributed by atoms with E-state index in [2.05, 4.69) is 214 Å². The Morgan fingerprint density at radius 1 is 0.646 bits per heavy atom. The number of pyridine rings is 1. The van der Waals surface area contributed by atoms with Gasteiger partial charge in [0.05, 0.1) is 11.4 Å². The predicted octanol–water partition coefficient (Wildman–Crippen LogP) is 16.8. The van der Waals surface area contributed by atoms with Crippen molar-refractivity contribution >= 4 is 22.6 Å². The molecule has 0 fully saturated rings. The van der Waals surface area contributed by atoms with Gasteiger partial charge in [-0.2, -0.15) is 0 Å². The molecule has 0 aliphatic heterocycles. The van der Waals surface area contributed by atoms with E-state index in [1.54, 1.807) is 0 Å². The van der Waals surface area contributed by atoms with E-state index in [0.717, 1.165) is 83.5 Å². The van der Waals surface area contributed by atoms with Gasteiger partial charge in [0, 0.05) is 40.4 Å². The fourth-order valence-electron chi connectivity index (χ4n) is 9.43. The van der Waals surface area contributed by atoms with Gasteiger partial charge in [0.1, 0.15) is 0 Å². The van der Waals surface area contributed by atoms with Crippen molar-refractivity contribution in [3.63, 3.8) is 0 Å². The quantitative estimate of drug-likeness (QED) is 0.0646. The molecule has 6 aromatic rings. The third kappa shape index (κ3) is 10.2. The van der Waals surface area contributed by atoms with Crippen LogP contribution in [0.3, 0.4) is 0 Å². The van der Waals surface area contributed by atoms with Gasteiger partial charge in [-0.3, -0.25) is 9.98 Å². The molecule has 0 bridgehead atoms. The van der Waals surface area contributed by atoms with Crippen molar-refractivity contribution in [1.29, 1.82) is 0 Å². The molecule has 0 radical (unpaired) electrons. The predicted molar refractivity (Wildman–Crippen MR) is 278 cm³/mol. The Labute approximate surface area is 386 Å². The third-order valence-corrected chi connectivity index (χ3v) is 13.1. The zero-order chi connectivity index (χ0) is 44.4. The molecule has 2 unspecified atom stereocenters. The van der Waals surface area contributed by atoms with Crippen LogP contribution >= 0.6 is 0 Å². The number of hydrogen-bond donors (Lipinski definition) is 0. The molecule has 3 aliphatic carbocycles. The molecule has 5 aromatic carbocycles. The van der Waals surface area contributed by atoms with Crippen molar-refractivity contribution in [3.8, 4) is 33.5 Å². The van der Waals surface area contributed by atoms with E-state index in [9.17, 15) is 0 Å². The normalized spacial score (nSPS) is 17.8. The second kappa shape index (κ2) is 20.4. The topological polar surface area (TPSA) is 25.2 Å². The van der Waals surface area contributed by atoms with Crippen molar-refractivity contribution in [3.05, 3.63) is 265 Å². The highest BCUT2D eigenvalue weighted by Gasteiger charge is 2.23. The van der Waals surface area contributed by atoms with Crippen molar-refractivity contribution in [1.82, 2.24) is 4.98 Å². The maximum absolute atomic E-state index is 5.50. The van der Waals surface area contributed by atoms with Crippen LogP contribution in [0.1, 0.15) is 73.6 Å². The average molecular weight is 841 g/mol. The number of benzene rings is 5. The molecule has 65 heavy (non-hydrogen) atoms. The Bertz CT molecular complexity index is 2930.